The number of dihydropyridines is 1. The van der Waals surface area contributed by atoms with Gasteiger partial charge in [0.2, 0.25) is 0 Å². The molecule has 1 atom stereocenters. The maximum atomic E-state index is 12.1. The minimum Gasteiger partial charge on any atom is -0.480 e. The largest absolute Gasteiger partial charge is 0.480 e. The quantitative estimate of drug-likeness (QED) is 0.747. The van der Waals surface area contributed by atoms with Crippen LogP contribution >= 0.6 is 0 Å². The molecule has 2 aliphatic heterocycles. The van der Waals surface area contributed by atoms with Crippen molar-refractivity contribution in [2.24, 2.45) is 4.99 Å². The van der Waals surface area contributed by atoms with E-state index in [1.54, 1.807) is 0 Å². The van der Waals surface area contributed by atoms with E-state index >= 15 is 0 Å². The second kappa shape index (κ2) is 9.58. The van der Waals surface area contributed by atoms with Gasteiger partial charge in [-0.05, 0) is 43.2 Å². The number of piperazine rings is 1. The molecule has 0 aliphatic carbocycles. The Kier molecular flexibility index (Phi) is 6.64. The van der Waals surface area contributed by atoms with E-state index < -0.39 is 11.5 Å². The molecule has 2 aromatic rings. The first-order chi connectivity index (χ1) is 15.1. The number of benzene rings is 2. The third-order valence-corrected chi connectivity index (χ3v) is 6.61. The summed E-state index contributed by atoms with van der Waals surface area (Å²) in [6, 6.07) is 21.4. The summed E-state index contributed by atoms with van der Waals surface area (Å²) in [7, 11) is 0. The van der Waals surface area contributed by atoms with E-state index in [0.717, 1.165) is 44.9 Å². The molecular weight excluding hydrogens is 386 g/mol. The molecule has 5 heteroatoms. The molecule has 2 aliphatic rings. The number of hydrogen-bond acceptors (Lipinski definition) is 4. The van der Waals surface area contributed by atoms with E-state index in [4.69, 9.17) is 0 Å². The van der Waals surface area contributed by atoms with E-state index in [-0.39, 0.29) is 0 Å². The molecule has 0 saturated carbocycles. The van der Waals surface area contributed by atoms with E-state index in [2.05, 4.69) is 75.5 Å². The van der Waals surface area contributed by atoms with Gasteiger partial charge in [-0.1, -0.05) is 60.7 Å². The fourth-order valence-corrected chi connectivity index (χ4v) is 4.67. The van der Waals surface area contributed by atoms with Crippen molar-refractivity contribution in [2.75, 3.05) is 39.3 Å². The van der Waals surface area contributed by atoms with Crippen molar-refractivity contribution in [1.29, 1.82) is 0 Å². The van der Waals surface area contributed by atoms with Gasteiger partial charge >= 0.3 is 5.97 Å². The maximum Gasteiger partial charge on any atom is 0.330 e. The number of carboxylic acid groups (broad SMARTS) is 1. The number of carboxylic acids is 1. The van der Waals surface area contributed by atoms with Crippen molar-refractivity contribution < 1.29 is 9.90 Å². The van der Waals surface area contributed by atoms with Crippen LogP contribution in [0.1, 0.15) is 30.4 Å². The zero-order valence-corrected chi connectivity index (χ0v) is 18.2. The predicted octanol–water partition coefficient (Wildman–Crippen LogP) is 3.68. The SMILES string of the molecule is CC1=NCC(C(=O)O)(N2CCN(CCC(c3ccccc3)c3ccccc3)CC2)C=C1. The highest BCUT2D eigenvalue weighted by Crippen LogP contribution is 2.29. The molecule has 0 radical (unpaired) electrons. The molecule has 0 amide bonds. The normalized spacial score (nSPS) is 22.5. The van der Waals surface area contributed by atoms with Gasteiger partial charge in [0.25, 0.3) is 0 Å². The molecule has 2 heterocycles. The van der Waals surface area contributed by atoms with Crippen molar-refractivity contribution in [1.82, 2.24) is 9.80 Å². The summed E-state index contributed by atoms with van der Waals surface area (Å²) in [5, 5.41) is 9.95. The van der Waals surface area contributed by atoms with Crippen molar-refractivity contribution in [3.8, 4) is 0 Å². The third kappa shape index (κ3) is 4.78. The van der Waals surface area contributed by atoms with Crippen LogP contribution in [0.4, 0.5) is 0 Å². The summed E-state index contributed by atoms with van der Waals surface area (Å²) in [6.45, 7) is 6.45. The molecule has 0 spiro atoms. The predicted molar refractivity (Wildman–Crippen MR) is 125 cm³/mol. The first kappa shape index (κ1) is 21.5. The van der Waals surface area contributed by atoms with Gasteiger partial charge in [-0.15, -0.1) is 0 Å². The number of carbonyl (C=O) groups is 1. The highest BCUT2D eigenvalue weighted by molar-refractivity contribution is 5.96. The molecule has 1 unspecified atom stereocenters. The van der Waals surface area contributed by atoms with Crippen molar-refractivity contribution in [2.45, 2.75) is 24.8 Å². The minimum atomic E-state index is -0.998. The Balaban J connectivity index is 1.39. The van der Waals surface area contributed by atoms with Gasteiger partial charge in [-0.2, -0.15) is 0 Å². The summed E-state index contributed by atoms with van der Waals surface area (Å²) in [5.74, 6) is -0.439. The molecule has 0 bridgehead atoms. The zero-order valence-electron chi connectivity index (χ0n) is 18.2. The summed E-state index contributed by atoms with van der Waals surface area (Å²) in [4.78, 5) is 21.1. The molecule has 1 saturated heterocycles. The van der Waals surface area contributed by atoms with Crippen LogP contribution in [0.3, 0.4) is 0 Å². The number of hydrogen-bond donors (Lipinski definition) is 1. The van der Waals surface area contributed by atoms with Crippen LogP contribution in [0.2, 0.25) is 0 Å². The monoisotopic (exact) mass is 417 g/mol. The molecule has 0 aromatic heterocycles. The second-order valence-corrected chi connectivity index (χ2v) is 8.51. The number of rotatable bonds is 7. The van der Waals surface area contributed by atoms with Crippen LogP contribution in [0.5, 0.6) is 0 Å². The lowest BCUT2D eigenvalue weighted by atomic mass is 9.88. The number of aliphatic imine (C=N–C) groups is 1. The highest BCUT2D eigenvalue weighted by atomic mass is 16.4. The van der Waals surface area contributed by atoms with Gasteiger partial charge in [0.1, 0.15) is 0 Å². The Labute approximate surface area is 184 Å². The van der Waals surface area contributed by atoms with Gasteiger partial charge in [0.05, 0.1) is 6.54 Å². The number of nitrogens with zero attached hydrogens (tertiary/aromatic N) is 3. The van der Waals surface area contributed by atoms with Crippen molar-refractivity contribution in [3.63, 3.8) is 0 Å². The van der Waals surface area contributed by atoms with Crippen LogP contribution in [-0.2, 0) is 4.79 Å². The smallest absolute Gasteiger partial charge is 0.330 e. The van der Waals surface area contributed by atoms with Crippen LogP contribution in [0, 0.1) is 0 Å². The van der Waals surface area contributed by atoms with Gasteiger partial charge < -0.3 is 10.0 Å². The summed E-state index contributed by atoms with van der Waals surface area (Å²) in [5.41, 5.74) is 2.58. The van der Waals surface area contributed by atoms with Gasteiger partial charge in [0, 0.05) is 37.8 Å². The molecule has 1 N–H and O–H groups in total. The van der Waals surface area contributed by atoms with Crippen LogP contribution in [-0.4, -0.2) is 71.4 Å². The Morgan fingerprint density at radius 1 is 1.00 bits per heavy atom. The molecule has 1 fully saturated rings. The first-order valence-electron chi connectivity index (χ1n) is 11.1. The topological polar surface area (TPSA) is 56.1 Å². The first-order valence-corrected chi connectivity index (χ1v) is 11.1. The summed E-state index contributed by atoms with van der Waals surface area (Å²) in [6.07, 6.45) is 4.71. The number of allylic oxidation sites excluding steroid dienone is 1. The zero-order chi connectivity index (χ0) is 21.7. The van der Waals surface area contributed by atoms with Gasteiger partial charge in [0.15, 0.2) is 5.54 Å². The lowest BCUT2D eigenvalue weighted by Gasteiger charge is -2.44. The average molecular weight is 418 g/mol. The van der Waals surface area contributed by atoms with Crippen LogP contribution in [0.15, 0.2) is 77.8 Å². The Bertz CT molecular complexity index is 894. The fourth-order valence-electron chi connectivity index (χ4n) is 4.67. The molecule has 162 valence electrons. The number of aliphatic carboxylic acids is 1. The molecular formula is C26H31N3O2. The van der Waals surface area contributed by atoms with E-state index in [1.165, 1.54) is 11.1 Å². The maximum absolute atomic E-state index is 12.1. The molecule has 2 aromatic carbocycles. The molecule has 5 nitrogen and oxygen atoms in total. The summed E-state index contributed by atoms with van der Waals surface area (Å²) < 4.78 is 0. The summed E-state index contributed by atoms with van der Waals surface area (Å²) >= 11 is 0. The average Bonchev–Trinajstić information content (AvgIpc) is 2.82. The Hall–Kier alpha value is -2.76. The lowest BCUT2D eigenvalue weighted by molar-refractivity contribution is -0.148. The Morgan fingerprint density at radius 3 is 2.06 bits per heavy atom. The standard InChI is InChI=1S/C26H31N3O2/c1-21-12-14-26(20-27-21,25(30)31)29-18-16-28(17-19-29)15-13-24(22-8-4-2-5-9-22)23-10-6-3-7-11-23/h2-12,14,24H,13,15-20H2,1H3,(H,30,31). The van der Waals surface area contributed by atoms with Crippen LogP contribution < -0.4 is 0 Å². The highest BCUT2D eigenvalue weighted by Gasteiger charge is 2.44. The van der Waals surface area contributed by atoms with E-state index in [0.29, 0.717) is 12.5 Å². The fraction of sp³-hybridized carbons (Fsp3) is 0.385. The molecule has 4 rings (SSSR count). The van der Waals surface area contributed by atoms with Crippen molar-refractivity contribution in [3.05, 3.63) is 83.9 Å². The minimum absolute atomic E-state index is 0.300. The van der Waals surface area contributed by atoms with Gasteiger partial charge in [-0.3, -0.25) is 9.89 Å². The third-order valence-electron chi connectivity index (χ3n) is 6.61. The van der Waals surface area contributed by atoms with Crippen molar-refractivity contribution >= 4 is 11.7 Å². The lowest BCUT2D eigenvalue weighted by Crippen LogP contribution is -2.62. The van der Waals surface area contributed by atoms with Gasteiger partial charge in [-0.25, -0.2) is 4.79 Å². The van der Waals surface area contributed by atoms with E-state index in [1.807, 2.05) is 19.1 Å². The van der Waals surface area contributed by atoms with E-state index in [9.17, 15) is 9.90 Å². The van der Waals surface area contributed by atoms with Crippen LogP contribution in [0.25, 0.3) is 0 Å². The second-order valence-electron chi connectivity index (χ2n) is 8.51. The Morgan fingerprint density at radius 2 is 1.58 bits per heavy atom. The molecule has 31 heavy (non-hydrogen) atoms.